The van der Waals surface area contributed by atoms with Crippen LogP contribution in [0.5, 0.6) is 0 Å². The summed E-state index contributed by atoms with van der Waals surface area (Å²) in [5.41, 5.74) is 0. The summed E-state index contributed by atoms with van der Waals surface area (Å²) in [5, 5.41) is 0. The summed E-state index contributed by atoms with van der Waals surface area (Å²) in [6, 6.07) is 0. The second-order valence-corrected chi connectivity index (χ2v) is 5.46. The highest BCUT2D eigenvalue weighted by molar-refractivity contribution is 7.89. The highest BCUT2D eigenvalue weighted by Gasteiger charge is 2.30. The fourth-order valence-electron chi connectivity index (χ4n) is 1.11. The van der Waals surface area contributed by atoms with E-state index in [0.717, 1.165) is 0 Å². The molecule has 1 heterocycles. The maximum Gasteiger partial charge on any atom is 0.214 e. The minimum Gasteiger partial charge on any atom is -0.300 e. The van der Waals surface area contributed by atoms with Gasteiger partial charge in [-0.3, -0.25) is 0 Å². The van der Waals surface area contributed by atoms with E-state index in [-0.39, 0.29) is 11.5 Å². The zero-order valence-corrected chi connectivity index (χ0v) is 8.64. The van der Waals surface area contributed by atoms with E-state index in [4.69, 9.17) is 0 Å². The zero-order chi connectivity index (χ0) is 9.90. The quantitative estimate of drug-likeness (QED) is 0.465. The molecule has 76 valence electrons. The van der Waals surface area contributed by atoms with E-state index in [9.17, 15) is 13.2 Å². The van der Waals surface area contributed by atoms with Gasteiger partial charge in [0.2, 0.25) is 10.0 Å². The van der Waals surface area contributed by atoms with Crippen molar-refractivity contribution in [1.29, 1.82) is 0 Å². The van der Waals surface area contributed by atoms with Crippen LogP contribution in [0.2, 0.25) is 0 Å². The van der Waals surface area contributed by atoms with Gasteiger partial charge < -0.3 is 4.79 Å². The molecule has 5 heteroatoms. The van der Waals surface area contributed by atoms with Crippen LogP contribution >= 0.6 is 0 Å². The first-order valence-electron chi connectivity index (χ1n) is 4.49. The lowest BCUT2D eigenvalue weighted by molar-refractivity contribution is -0.117. The van der Waals surface area contributed by atoms with E-state index in [1.165, 1.54) is 11.2 Å². The molecule has 0 aromatic carbocycles. The fraction of sp³-hybridized carbons (Fsp3) is 0.875. The molecule has 1 saturated heterocycles. The fourth-order valence-corrected chi connectivity index (χ4v) is 2.57. The normalized spacial score (nSPS) is 17.3. The van der Waals surface area contributed by atoms with E-state index in [2.05, 4.69) is 0 Å². The Morgan fingerprint density at radius 1 is 1.31 bits per heavy atom. The van der Waals surface area contributed by atoms with Gasteiger partial charge in [0.05, 0.1) is 5.75 Å². The van der Waals surface area contributed by atoms with Gasteiger partial charge >= 0.3 is 0 Å². The highest BCUT2D eigenvalue weighted by atomic mass is 32.2. The molecule has 1 fully saturated rings. The van der Waals surface area contributed by atoms with Gasteiger partial charge in [-0.1, -0.05) is 0 Å². The van der Waals surface area contributed by atoms with E-state index in [1.807, 2.05) is 0 Å². The summed E-state index contributed by atoms with van der Waals surface area (Å²) in [6.07, 6.45) is 1.77. The van der Waals surface area contributed by atoms with Crippen molar-refractivity contribution in [2.45, 2.75) is 26.2 Å². The van der Waals surface area contributed by atoms with E-state index in [0.29, 0.717) is 32.4 Å². The van der Waals surface area contributed by atoms with E-state index in [1.54, 1.807) is 0 Å². The molecule has 1 rings (SSSR count). The van der Waals surface area contributed by atoms with Crippen molar-refractivity contribution >= 4 is 15.8 Å². The Morgan fingerprint density at radius 2 is 1.92 bits per heavy atom. The third kappa shape index (κ3) is 3.87. The predicted molar refractivity (Wildman–Crippen MR) is 49.9 cm³/mol. The van der Waals surface area contributed by atoms with Crippen LogP contribution in [0.25, 0.3) is 0 Å². The van der Waals surface area contributed by atoms with Crippen molar-refractivity contribution in [2.75, 3.05) is 18.8 Å². The minimum absolute atomic E-state index is 0.129. The topological polar surface area (TPSA) is 54.2 Å². The number of sulfonamides is 1. The van der Waals surface area contributed by atoms with Gasteiger partial charge in [-0.25, -0.2) is 8.42 Å². The minimum atomic E-state index is -2.96. The van der Waals surface area contributed by atoms with Crippen molar-refractivity contribution < 1.29 is 13.2 Å². The summed E-state index contributed by atoms with van der Waals surface area (Å²) < 4.78 is 24.0. The molecule has 1 aliphatic rings. The summed E-state index contributed by atoms with van der Waals surface area (Å²) in [5.74, 6) is 0.324. The Kier molecular flexibility index (Phi) is 3.44. The van der Waals surface area contributed by atoms with Gasteiger partial charge in [0.15, 0.2) is 0 Å². The smallest absolute Gasteiger partial charge is 0.214 e. The molecule has 0 radical (unpaired) electrons. The Labute approximate surface area is 79.0 Å². The molecule has 0 bridgehead atoms. The van der Waals surface area contributed by atoms with Crippen molar-refractivity contribution in [3.8, 4) is 0 Å². The van der Waals surface area contributed by atoms with Crippen LogP contribution < -0.4 is 0 Å². The molecule has 0 atom stereocenters. The van der Waals surface area contributed by atoms with Gasteiger partial charge in [0.1, 0.15) is 5.78 Å². The number of rotatable bonds is 6. The summed E-state index contributed by atoms with van der Waals surface area (Å²) in [4.78, 5) is 10.6. The number of nitrogens with zero attached hydrogens (tertiary/aromatic N) is 1. The van der Waals surface area contributed by atoms with Gasteiger partial charge in [0, 0.05) is 19.5 Å². The van der Waals surface area contributed by atoms with Crippen LogP contribution in [0.1, 0.15) is 26.2 Å². The average Bonchev–Trinajstić information content (AvgIpc) is 2.79. The van der Waals surface area contributed by atoms with Crippen LogP contribution in [0.4, 0.5) is 0 Å². The van der Waals surface area contributed by atoms with E-state index < -0.39 is 10.0 Å². The Hall–Kier alpha value is -0.420. The highest BCUT2D eigenvalue weighted by Crippen LogP contribution is 2.13. The van der Waals surface area contributed by atoms with Crippen LogP contribution in [0.3, 0.4) is 0 Å². The monoisotopic (exact) mass is 205 g/mol. The second-order valence-electron chi connectivity index (χ2n) is 3.37. The summed E-state index contributed by atoms with van der Waals surface area (Å²) in [6.45, 7) is 2.88. The number of hydrogen-bond donors (Lipinski definition) is 0. The first-order valence-corrected chi connectivity index (χ1v) is 6.10. The lowest BCUT2D eigenvalue weighted by atomic mass is 10.2. The van der Waals surface area contributed by atoms with Crippen LogP contribution in [0, 0.1) is 0 Å². The molecule has 4 nitrogen and oxygen atoms in total. The van der Waals surface area contributed by atoms with Crippen molar-refractivity contribution in [3.63, 3.8) is 0 Å². The molecule has 0 amide bonds. The molecule has 0 aromatic heterocycles. The van der Waals surface area contributed by atoms with Crippen LogP contribution in [0.15, 0.2) is 0 Å². The Balaban J connectivity index is 2.15. The Morgan fingerprint density at radius 3 is 2.38 bits per heavy atom. The number of unbranched alkanes of at least 4 members (excludes halogenated alkanes) is 1. The Bertz CT molecular complexity index is 280. The summed E-state index contributed by atoms with van der Waals surface area (Å²) in [7, 11) is -2.96. The number of Topliss-reactive ketones (excluding diaryl/α,β-unsaturated/α-hetero) is 1. The molecule has 0 aliphatic carbocycles. The molecule has 0 unspecified atom stereocenters. The molecule has 13 heavy (non-hydrogen) atoms. The molecule has 1 aliphatic heterocycles. The van der Waals surface area contributed by atoms with Gasteiger partial charge in [0.25, 0.3) is 0 Å². The first-order chi connectivity index (χ1) is 6.02. The van der Waals surface area contributed by atoms with E-state index >= 15 is 0 Å². The van der Waals surface area contributed by atoms with Crippen LogP contribution in [-0.2, 0) is 14.8 Å². The maximum absolute atomic E-state index is 11.3. The number of ketones is 1. The molecule has 0 aromatic rings. The zero-order valence-electron chi connectivity index (χ0n) is 7.82. The molecular formula is C8H15NO3S. The third-order valence-electron chi connectivity index (χ3n) is 1.98. The van der Waals surface area contributed by atoms with Crippen molar-refractivity contribution in [3.05, 3.63) is 0 Å². The van der Waals surface area contributed by atoms with Crippen molar-refractivity contribution in [2.24, 2.45) is 0 Å². The second kappa shape index (κ2) is 4.19. The molecular weight excluding hydrogens is 190 g/mol. The molecule has 0 N–H and O–H groups in total. The number of carbonyl (C=O) groups excluding carboxylic acids is 1. The predicted octanol–water partition coefficient (Wildman–Crippen LogP) is 0.391. The lowest BCUT2D eigenvalue weighted by Gasteiger charge is -2.02. The summed E-state index contributed by atoms with van der Waals surface area (Å²) >= 11 is 0. The maximum atomic E-state index is 11.3. The van der Waals surface area contributed by atoms with Gasteiger partial charge in [-0.05, 0) is 19.8 Å². The van der Waals surface area contributed by atoms with Crippen molar-refractivity contribution in [1.82, 2.24) is 4.31 Å². The third-order valence-corrected chi connectivity index (χ3v) is 3.94. The molecule has 0 spiro atoms. The lowest BCUT2D eigenvalue weighted by Crippen LogP contribution is -2.15. The average molecular weight is 205 g/mol. The van der Waals surface area contributed by atoms with Gasteiger partial charge in [-0.15, -0.1) is 0 Å². The number of carbonyl (C=O) groups is 1. The first kappa shape index (κ1) is 10.7. The SMILES string of the molecule is CC(=O)CCCCS(=O)(=O)N1CC1. The van der Waals surface area contributed by atoms with Crippen LogP contribution in [-0.4, -0.2) is 37.3 Å². The standard InChI is InChI=1S/C8H15NO3S/c1-8(10)4-2-3-7-13(11,12)9-5-6-9/h2-7H2,1H3. The molecule has 0 saturated carbocycles. The number of hydrogen-bond acceptors (Lipinski definition) is 3. The largest absolute Gasteiger partial charge is 0.300 e. The van der Waals surface area contributed by atoms with Gasteiger partial charge in [-0.2, -0.15) is 4.31 Å².